The molecular formula is C26H46N4O3. The summed E-state index contributed by atoms with van der Waals surface area (Å²) in [6, 6.07) is 0.712. The summed E-state index contributed by atoms with van der Waals surface area (Å²) in [5, 5.41) is 0. The Morgan fingerprint density at radius 1 is 0.788 bits per heavy atom. The lowest BCUT2D eigenvalue weighted by atomic mass is 9.92. The molecule has 7 heteroatoms. The van der Waals surface area contributed by atoms with Gasteiger partial charge in [0.05, 0.1) is 6.54 Å². The lowest BCUT2D eigenvalue weighted by Gasteiger charge is -2.42. The van der Waals surface area contributed by atoms with E-state index in [1.54, 1.807) is 0 Å². The van der Waals surface area contributed by atoms with Gasteiger partial charge in [-0.15, -0.1) is 0 Å². The zero-order chi connectivity index (χ0) is 23.0. The van der Waals surface area contributed by atoms with Crippen LogP contribution in [0.25, 0.3) is 0 Å². The van der Waals surface area contributed by atoms with E-state index in [0.29, 0.717) is 30.8 Å². The average molecular weight is 463 g/mol. The van der Waals surface area contributed by atoms with E-state index in [4.69, 9.17) is 4.74 Å². The molecule has 4 rings (SSSR count). The van der Waals surface area contributed by atoms with Crippen LogP contribution in [0.1, 0.15) is 70.6 Å². The molecule has 3 aliphatic heterocycles. The minimum atomic E-state index is -0.0464. The Labute approximate surface area is 200 Å². The van der Waals surface area contributed by atoms with E-state index in [2.05, 4.69) is 26.6 Å². The number of amides is 1. The lowest BCUT2D eigenvalue weighted by molar-refractivity contribution is -0.152. The highest BCUT2D eigenvalue weighted by atomic mass is 16.5. The molecule has 4 fully saturated rings. The van der Waals surface area contributed by atoms with Crippen LogP contribution in [-0.2, 0) is 14.3 Å². The maximum Gasteiger partial charge on any atom is 0.320 e. The molecule has 0 aromatic heterocycles. The van der Waals surface area contributed by atoms with Gasteiger partial charge < -0.3 is 14.5 Å². The van der Waals surface area contributed by atoms with Gasteiger partial charge in [-0.2, -0.15) is 0 Å². The Kier molecular flexibility index (Phi) is 9.44. The molecule has 1 amide bonds. The highest BCUT2D eigenvalue weighted by molar-refractivity contribution is 5.76. The molecule has 0 unspecified atom stereocenters. The predicted octanol–water partition coefficient (Wildman–Crippen LogP) is 2.59. The van der Waals surface area contributed by atoms with Gasteiger partial charge in [-0.05, 0) is 96.9 Å². The summed E-state index contributed by atoms with van der Waals surface area (Å²) in [5.41, 5.74) is 0. The van der Waals surface area contributed by atoms with Crippen LogP contribution in [0, 0.1) is 5.92 Å². The minimum absolute atomic E-state index is 0.0464. The van der Waals surface area contributed by atoms with Crippen molar-refractivity contribution < 1.29 is 14.3 Å². The van der Waals surface area contributed by atoms with E-state index in [-0.39, 0.29) is 12.1 Å². The Morgan fingerprint density at radius 2 is 1.45 bits per heavy atom. The number of nitrogens with zero attached hydrogens (tertiary/aromatic N) is 4. The van der Waals surface area contributed by atoms with Crippen LogP contribution >= 0.6 is 0 Å². The largest absolute Gasteiger partial charge is 0.461 e. The summed E-state index contributed by atoms with van der Waals surface area (Å²) in [6.45, 7) is 8.60. The van der Waals surface area contributed by atoms with Gasteiger partial charge in [-0.1, -0.05) is 6.42 Å². The standard InChI is InChI=1S/C26H46N4O3/c1-27-13-11-23(12-14-27)29-17-19-30(20-18-29)25(31)8-7-22-9-15-28(16-10-22)21-26(32)33-24-5-3-2-4-6-24/h22-24H,2-21H2,1H3. The SMILES string of the molecule is CN1CCC(N2CCN(C(=O)CCC3CCN(CC(=O)OC4CCCCC4)CC3)CC2)CC1. The third kappa shape index (κ3) is 7.66. The summed E-state index contributed by atoms with van der Waals surface area (Å²) in [5.74, 6) is 0.909. The molecule has 0 aromatic rings. The molecule has 3 saturated heterocycles. The van der Waals surface area contributed by atoms with Crippen LogP contribution in [0.2, 0.25) is 0 Å². The van der Waals surface area contributed by atoms with Crippen molar-refractivity contribution in [3.63, 3.8) is 0 Å². The molecule has 0 radical (unpaired) electrons. The highest BCUT2D eigenvalue weighted by Gasteiger charge is 2.29. The number of ether oxygens (including phenoxy) is 1. The topological polar surface area (TPSA) is 56.3 Å². The Bertz CT molecular complexity index is 615. The molecule has 0 aromatic carbocycles. The van der Waals surface area contributed by atoms with Gasteiger partial charge in [-0.3, -0.25) is 19.4 Å². The molecule has 7 nitrogen and oxygen atoms in total. The van der Waals surface area contributed by atoms with Crippen molar-refractivity contribution in [2.75, 3.05) is 66.0 Å². The van der Waals surface area contributed by atoms with E-state index >= 15 is 0 Å². The molecule has 3 heterocycles. The van der Waals surface area contributed by atoms with Gasteiger partial charge in [0.1, 0.15) is 6.10 Å². The second-order valence-electron chi connectivity index (χ2n) is 11.0. The highest BCUT2D eigenvalue weighted by Crippen LogP contribution is 2.24. The summed E-state index contributed by atoms with van der Waals surface area (Å²) in [4.78, 5) is 34.4. The first kappa shape index (κ1) is 24.9. The van der Waals surface area contributed by atoms with Gasteiger partial charge in [0.2, 0.25) is 5.91 Å². The van der Waals surface area contributed by atoms with Crippen LogP contribution in [0.15, 0.2) is 0 Å². The number of hydrogen-bond donors (Lipinski definition) is 0. The number of hydrogen-bond acceptors (Lipinski definition) is 6. The van der Waals surface area contributed by atoms with Crippen LogP contribution in [0.5, 0.6) is 0 Å². The maximum atomic E-state index is 12.8. The first-order valence-electron chi connectivity index (χ1n) is 13.7. The molecular weight excluding hydrogens is 416 g/mol. The van der Waals surface area contributed by atoms with Crippen LogP contribution in [0.4, 0.5) is 0 Å². The zero-order valence-corrected chi connectivity index (χ0v) is 20.9. The number of piperidine rings is 2. The van der Waals surface area contributed by atoms with Crippen molar-refractivity contribution in [1.82, 2.24) is 19.6 Å². The zero-order valence-electron chi connectivity index (χ0n) is 20.9. The smallest absolute Gasteiger partial charge is 0.320 e. The predicted molar refractivity (Wildman–Crippen MR) is 130 cm³/mol. The Morgan fingerprint density at radius 3 is 2.12 bits per heavy atom. The monoisotopic (exact) mass is 462 g/mol. The second kappa shape index (κ2) is 12.5. The fraction of sp³-hybridized carbons (Fsp3) is 0.923. The number of likely N-dealkylation sites (tertiary alicyclic amines) is 2. The summed E-state index contributed by atoms with van der Waals surface area (Å²) in [7, 11) is 2.21. The average Bonchev–Trinajstić information content (AvgIpc) is 2.84. The lowest BCUT2D eigenvalue weighted by Crippen LogP contribution is -2.54. The fourth-order valence-corrected chi connectivity index (χ4v) is 6.20. The third-order valence-corrected chi connectivity index (χ3v) is 8.55. The van der Waals surface area contributed by atoms with Crippen molar-refractivity contribution >= 4 is 11.9 Å². The van der Waals surface area contributed by atoms with E-state index in [1.165, 1.54) is 45.2 Å². The molecule has 0 atom stereocenters. The normalized spacial score (nSPS) is 25.9. The van der Waals surface area contributed by atoms with Crippen molar-refractivity contribution in [3.8, 4) is 0 Å². The number of esters is 1. The van der Waals surface area contributed by atoms with Gasteiger partial charge in [0.15, 0.2) is 0 Å². The first-order valence-corrected chi connectivity index (χ1v) is 13.7. The van der Waals surface area contributed by atoms with Gasteiger partial charge in [0, 0.05) is 38.6 Å². The van der Waals surface area contributed by atoms with Crippen LogP contribution in [0.3, 0.4) is 0 Å². The third-order valence-electron chi connectivity index (χ3n) is 8.55. The second-order valence-corrected chi connectivity index (χ2v) is 11.0. The van der Waals surface area contributed by atoms with Gasteiger partial charge in [-0.25, -0.2) is 0 Å². The number of carbonyl (C=O) groups excluding carboxylic acids is 2. The number of carbonyl (C=O) groups is 2. The maximum absolute atomic E-state index is 12.8. The molecule has 0 spiro atoms. The molecule has 0 N–H and O–H groups in total. The minimum Gasteiger partial charge on any atom is -0.461 e. The molecule has 188 valence electrons. The molecule has 1 saturated carbocycles. The summed E-state index contributed by atoms with van der Waals surface area (Å²) in [6.07, 6.45) is 12.3. The quantitative estimate of drug-likeness (QED) is 0.542. The van der Waals surface area contributed by atoms with E-state index < -0.39 is 0 Å². The van der Waals surface area contributed by atoms with Gasteiger partial charge in [0.25, 0.3) is 0 Å². The fourth-order valence-electron chi connectivity index (χ4n) is 6.20. The first-order chi connectivity index (χ1) is 16.1. The van der Waals surface area contributed by atoms with E-state index in [1.807, 2.05) is 0 Å². The van der Waals surface area contributed by atoms with Crippen molar-refractivity contribution in [3.05, 3.63) is 0 Å². The molecule has 33 heavy (non-hydrogen) atoms. The Hall–Kier alpha value is -1.18. The van der Waals surface area contributed by atoms with E-state index in [0.717, 1.165) is 71.4 Å². The molecule has 4 aliphatic rings. The van der Waals surface area contributed by atoms with Crippen molar-refractivity contribution in [1.29, 1.82) is 0 Å². The van der Waals surface area contributed by atoms with E-state index in [9.17, 15) is 9.59 Å². The number of rotatable bonds is 7. The summed E-state index contributed by atoms with van der Waals surface area (Å²) < 4.78 is 5.68. The van der Waals surface area contributed by atoms with Gasteiger partial charge >= 0.3 is 5.97 Å². The summed E-state index contributed by atoms with van der Waals surface area (Å²) >= 11 is 0. The molecule has 1 aliphatic carbocycles. The number of piperazine rings is 1. The molecule has 0 bridgehead atoms. The van der Waals surface area contributed by atoms with Crippen molar-refractivity contribution in [2.24, 2.45) is 5.92 Å². The van der Waals surface area contributed by atoms with Crippen LogP contribution < -0.4 is 0 Å². The van der Waals surface area contributed by atoms with Crippen molar-refractivity contribution in [2.45, 2.75) is 82.8 Å². The van der Waals surface area contributed by atoms with Crippen LogP contribution in [-0.4, -0.2) is 110 Å². The Balaban J connectivity index is 1.07.